The Morgan fingerprint density at radius 1 is 1.12 bits per heavy atom. The zero-order valence-corrected chi connectivity index (χ0v) is 20.9. The molecule has 3 aromatic rings. The summed E-state index contributed by atoms with van der Waals surface area (Å²) in [7, 11) is 0. The van der Waals surface area contributed by atoms with Crippen molar-refractivity contribution in [3.63, 3.8) is 0 Å². The maximum absolute atomic E-state index is 13.3. The van der Waals surface area contributed by atoms with Crippen LogP contribution in [-0.2, 0) is 9.59 Å². The van der Waals surface area contributed by atoms with Crippen molar-refractivity contribution < 1.29 is 19.5 Å². The van der Waals surface area contributed by atoms with Crippen molar-refractivity contribution in [3.05, 3.63) is 85.3 Å². The number of Topliss-reactive ketones (excluding diaryl/α,β-unsaturated/α-hetero) is 2. The number of rotatable bonds is 4. The van der Waals surface area contributed by atoms with Gasteiger partial charge < -0.3 is 5.11 Å². The van der Waals surface area contributed by atoms with Crippen molar-refractivity contribution in [2.24, 2.45) is 0 Å². The predicted octanol–water partition coefficient (Wildman–Crippen LogP) is 5.66. The molecule has 6 nitrogen and oxygen atoms in total. The Kier molecular flexibility index (Phi) is 6.07. The minimum atomic E-state index is -0.896. The van der Waals surface area contributed by atoms with E-state index in [9.17, 15) is 19.5 Å². The van der Waals surface area contributed by atoms with Crippen molar-refractivity contribution in [1.29, 1.82) is 0 Å². The molecule has 2 heterocycles. The molecule has 1 amide bonds. The van der Waals surface area contributed by atoms with Gasteiger partial charge in [-0.25, -0.2) is 4.98 Å². The molecule has 1 aliphatic heterocycles. The van der Waals surface area contributed by atoms with Crippen molar-refractivity contribution in [3.8, 4) is 0 Å². The van der Waals surface area contributed by atoms with E-state index in [0.29, 0.717) is 21.7 Å². The molecule has 1 saturated heterocycles. The fraction of sp³-hybridized carbons (Fsp3) is 0.200. The van der Waals surface area contributed by atoms with E-state index in [2.05, 4.69) is 20.9 Å². The molecule has 0 bridgehead atoms. The lowest BCUT2D eigenvalue weighted by Crippen LogP contribution is -2.29. The first-order chi connectivity index (χ1) is 15.6. The summed E-state index contributed by atoms with van der Waals surface area (Å²) in [5, 5.41) is 11.6. The molecule has 0 saturated carbocycles. The molecule has 4 rings (SSSR count). The number of aliphatic hydroxyl groups excluding tert-OH is 1. The molecule has 8 heteroatoms. The minimum absolute atomic E-state index is 0.0102. The third-order valence-electron chi connectivity index (χ3n) is 5.57. The first-order valence-corrected chi connectivity index (χ1v) is 11.8. The van der Waals surface area contributed by atoms with Crippen molar-refractivity contribution >= 4 is 55.6 Å². The fourth-order valence-electron chi connectivity index (χ4n) is 3.97. The number of anilines is 1. The molecule has 33 heavy (non-hydrogen) atoms. The number of aromatic nitrogens is 1. The van der Waals surface area contributed by atoms with Crippen molar-refractivity contribution in [1.82, 2.24) is 4.98 Å². The first kappa shape index (κ1) is 23.1. The van der Waals surface area contributed by atoms with Gasteiger partial charge in [0.05, 0.1) is 22.2 Å². The van der Waals surface area contributed by atoms with Gasteiger partial charge in [0.25, 0.3) is 5.78 Å². The molecule has 1 aromatic heterocycles. The number of thiazole rings is 1. The highest BCUT2D eigenvalue weighted by Crippen LogP contribution is 2.44. The van der Waals surface area contributed by atoms with Crippen LogP contribution >= 0.6 is 27.3 Å². The lowest BCUT2D eigenvalue weighted by atomic mass is 9.93. The van der Waals surface area contributed by atoms with Crippen LogP contribution in [0.25, 0.3) is 5.76 Å². The van der Waals surface area contributed by atoms with E-state index in [1.54, 1.807) is 31.2 Å². The number of carbonyl (C=O) groups is 3. The van der Waals surface area contributed by atoms with Crippen LogP contribution in [0.15, 0.2) is 52.5 Å². The number of benzene rings is 2. The highest BCUT2D eigenvalue weighted by atomic mass is 79.9. The molecule has 1 N–H and O–H groups in total. The molecule has 0 radical (unpaired) electrons. The van der Waals surface area contributed by atoms with Crippen LogP contribution in [0.5, 0.6) is 0 Å². The third kappa shape index (κ3) is 4.05. The van der Waals surface area contributed by atoms with E-state index < -0.39 is 17.7 Å². The number of ketones is 2. The van der Waals surface area contributed by atoms with Crippen LogP contribution in [0.1, 0.15) is 50.6 Å². The second kappa shape index (κ2) is 8.68. The molecule has 1 aliphatic rings. The number of amides is 1. The molecule has 0 spiro atoms. The van der Waals surface area contributed by atoms with E-state index in [1.807, 2.05) is 32.0 Å². The highest BCUT2D eigenvalue weighted by molar-refractivity contribution is 9.10. The Morgan fingerprint density at radius 3 is 2.48 bits per heavy atom. The zero-order chi connectivity index (χ0) is 24.0. The summed E-state index contributed by atoms with van der Waals surface area (Å²) in [5.74, 6) is -1.99. The Labute approximate surface area is 203 Å². The lowest BCUT2D eigenvalue weighted by molar-refractivity contribution is -0.132. The van der Waals surface area contributed by atoms with Crippen LogP contribution in [0.2, 0.25) is 0 Å². The van der Waals surface area contributed by atoms with Crippen LogP contribution in [-0.4, -0.2) is 27.6 Å². The van der Waals surface area contributed by atoms with E-state index in [1.165, 1.54) is 11.8 Å². The largest absolute Gasteiger partial charge is 0.507 e. The number of carbonyl (C=O) groups excluding carboxylic acids is 3. The molecule has 1 atom stereocenters. The standard InChI is InChI=1S/C25H21BrN2O4S/c1-12-8-9-13(2)18(10-12)21(30)19-20(16-6-5-7-17(26)11-16)28(24(32)22(19)31)25-27-14(3)23(33-25)15(4)29/h5-11,20,30H,1-4H3. The predicted molar refractivity (Wildman–Crippen MR) is 132 cm³/mol. The summed E-state index contributed by atoms with van der Waals surface area (Å²) in [6.07, 6.45) is 0. The van der Waals surface area contributed by atoms with Crippen molar-refractivity contribution in [2.45, 2.75) is 33.7 Å². The Hall–Kier alpha value is -3.10. The van der Waals surface area contributed by atoms with Gasteiger partial charge in [0.15, 0.2) is 10.9 Å². The Morgan fingerprint density at radius 2 is 1.85 bits per heavy atom. The van der Waals surface area contributed by atoms with E-state index in [4.69, 9.17) is 0 Å². The molecule has 1 fully saturated rings. The second-order valence-corrected chi connectivity index (χ2v) is 9.90. The number of aliphatic hydroxyl groups is 1. The third-order valence-corrected chi connectivity index (χ3v) is 7.32. The van der Waals surface area contributed by atoms with Gasteiger partial charge in [0, 0.05) is 17.0 Å². The van der Waals surface area contributed by atoms with Gasteiger partial charge in [-0.2, -0.15) is 0 Å². The lowest BCUT2D eigenvalue weighted by Gasteiger charge is -2.23. The average Bonchev–Trinajstić information content (AvgIpc) is 3.27. The molecule has 1 unspecified atom stereocenters. The smallest absolute Gasteiger partial charge is 0.301 e. The number of hydrogen-bond donors (Lipinski definition) is 1. The monoisotopic (exact) mass is 524 g/mol. The topological polar surface area (TPSA) is 87.6 Å². The van der Waals surface area contributed by atoms with Crippen LogP contribution < -0.4 is 4.90 Å². The summed E-state index contributed by atoms with van der Waals surface area (Å²) >= 11 is 4.51. The highest BCUT2D eigenvalue weighted by Gasteiger charge is 2.48. The number of aryl methyl sites for hydroxylation is 3. The quantitative estimate of drug-likeness (QED) is 0.206. The van der Waals surface area contributed by atoms with Gasteiger partial charge in [-0.1, -0.05) is 57.1 Å². The van der Waals surface area contributed by atoms with Gasteiger partial charge in [-0.05, 0) is 50.1 Å². The van der Waals surface area contributed by atoms with Crippen molar-refractivity contribution in [2.75, 3.05) is 4.90 Å². The van der Waals surface area contributed by atoms with Gasteiger partial charge in [-0.15, -0.1) is 0 Å². The van der Waals surface area contributed by atoms with E-state index in [0.717, 1.165) is 26.9 Å². The maximum Gasteiger partial charge on any atom is 0.301 e. The number of hydrogen-bond acceptors (Lipinski definition) is 6. The van der Waals surface area contributed by atoms with Crippen LogP contribution in [0, 0.1) is 20.8 Å². The Balaban J connectivity index is 1.99. The fourth-order valence-corrected chi connectivity index (χ4v) is 5.38. The van der Waals surface area contributed by atoms with E-state index in [-0.39, 0.29) is 22.2 Å². The van der Waals surface area contributed by atoms with Gasteiger partial charge >= 0.3 is 5.91 Å². The maximum atomic E-state index is 13.3. The van der Waals surface area contributed by atoms with E-state index >= 15 is 0 Å². The summed E-state index contributed by atoms with van der Waals surface area (Å²) in [6.45, 7) is 6.85. The molecular weight excluding hydrogens is 504 g/mol. The molecule has 2 aromatic carbocycles. The number of nitrogens with zero attached hydrogens (tertiary/aromatic N) is 2. The molecular formula is C25H21BrN2O4S. The summed E-state index contributed by atoms with van der Waals surface area (Å²) in [6, 6.07) is 11.9. The summed E-state index contributed by atoms with van der Waals surface area (Å²) in [4.78, 5) is 44.7. The second-order valence-electron chi connectivity index (χ2n) is 8.01. The normalized spacial score (nSPS) is 17.6. The first-order valence-electron chi connectivity index (χ1n) is 10.2. The summed E-state index contributed by atoms with van der Waals surface area (Å²) in [5.41, 5.74) is 3.30. The Bertz CT molecular complexity index is 1360. The molecule has 0 aliphatic carbocycles. The average molecular weight is 525 g/mol. The zero-order valence-electron chi connectivity index (χ0n) is 18.5. The van der Waals surface area contributed by atoms with Gasteiger partial charge in [0.2, 0.25) is 0 Å². The summed E-state index contributed by atoms with van der Waals surface area (Å²) < 4.78 is 0.761. The minimum Gasteiger partial charge on any atom is -0.507 e. The molecule has 168 valence electrons. The van der Waals surface area contributed by atoms with Gasteiger partial charge in [0.1, 0.15) is 5.76 Å². The van der Waals surface area contributed by atoms with Crippen LogP contribution in [0.3, 0.4) is 0 Å². The van der Waals surface area contributed by atoms with Gasteiger partial charge in [-0.3, -0.25) is 19.3 Å². The SMILES string of the molecule is CC(=O)c1sc(N2C(=O)C(=O)C(=C(O)c3cc(C)ccc3C)C2c2cccc(Br)c2)nc1C. The number of halogens is 1. The van der Waals surface area contributed by atoms with Crippen LogP contribution in [0.4, 0.5) is 5.13 Å².